The number of hydrogen-bond donors (Lipinski definition) is 1. The molecule has 2 aromatic carbocycles. The highest BCUT2D eigenvalue weighted by Gasteiger charge is 2.29. The Morgan fingerprint density at radius 1 is 1.07 bits per heavy atom. The summed E-state index contributed by atoms with van der Waals surface area (Å²) in [6, 6.07) is 9.63. The predicted molar refractivity (Wildman–Crippen MR) is 108 cm³/mol. The maximum absolute atomic E-state index is 12.5. The van der Waals surface area contributed by atoms with Gasteiger partial charge in [0.15, 0.2) is 17.6 Å². The molecule has 158 valence electrons. The molecule has 9 nitrogen and oxygen atoms in total. The molecule has 1 atom stereocenters. The molecule has 0 aromatic heterocycles. The molecule has 0 spiro atoms. The molecule has 1 heterocycles. The third-order valence-corrected chi connectivity index (χ3v) is 4.58. The zero-order valence-corrected chi connectivity index (χ0v) is 16.8. The van der Waals surface area contributed by atoms with E-state index in [1.807, 2.05) is 12.1 Å². The van der Waals surface area contributed by atoms with Gasteiger partial charge in [-0.25, -0.2) is 4.79 Å². The fraction of sp³-hybridized carbons (Fsp3) is 0.333. The van der Waals surface area contributed by atoms with Crippen molar-refractivity contribution in [3.8, 4) is 11.5 Å². The third-order valence-electron chi connectivity index (χ3n) is 4.58. The Balaban J connectivity index is 1.71. The van der Waals surface area contributed by atoms with Crippen molar-refractivity contribution in [3.63, 3.8) is 0 Å². The summed E-state index contributed by atoms with van der Waals surface area (Å²) in [4.78, 5) is 35.6. The molecule has 1 aliphatic heterocycles. The molecular weight excluding hydrogens is 392 g/mol. The van der Waals surface area contributed by atoms with Gasteiger partial charge in [0.2, 0.25) is 0 Å². The number of nitrogens with one attached hydrogen (secondary N) is 1. The zero-order valence-electron chi connectivity index (χ0n) is 16.8. The number of hydrogen-bond acceptors (Lipinski definition) is 7. The van der Waals surface area contributed by atoms with Crippen molar-refractivity contribution in [2.24, 2.45) is 0 Å². The van der Waals surface area contributed by atoms with Crippen molar-refractivity contribution in [3.05, 3.63) is 57.6 Å². The number of amides is 1. The van der Waals surface area contributed by atoms with Gasteiger partial charge in [-0.2, -0.15) is 0 Å². The van der Waals surface area contributed by atoms with Crippen molar-refractivity contribution in [2.45, 2.75) is 32.8 Å². The van der Waals surface area contributed by atoms with E-state index in [2.05, 4.69) is 19.2 Å². The summed E-state index contributed by atoms with van der Waals surface area (Å²) in [5.41, 5.74) is 0.877. The van der Waals surface area contributed by atoms with Crippen LogP contribution in [0.5, 0.6) is 11.5 Å². The zero-order chi connectivity index (χ0) is 21.8. The highest BCUT2D eigenvalue weighted by molar-refractivity contribution is 5.99. The van der Waals surface area contributed by atoms with E-state index in [0.29, 0.717) is 11.6 Å². The number of carbonyl (C=O) groups is 2. The van der Waals surface area contributed by atoms with Crippen LogP contribution in [0.3, 0.4) is 0 Å². The monoisotopic (exact) mass is 414 g/mol. The molecule has 9 heteroatoms. The molecule has 30 heavy (non-hydrogen) atoms. The van der Waals surface area contributed by atoms with Gasteiger partial charge in [0, 0.05) is 11.8 Å². The number of nitro groups is 1. The largest absolute Gasteiger partial charge is 0.486 e. The van der Waals surface area contributed by atoms with Crippen molar-refractivity contribution in [1.82, 2.24) is 0 Å². The molecule has 1 N–H and O–H groups in total. The van der Waals surface area contributed by atoms with Crippen molar-refractivity contribution in [1.29, 1.82) is 0 Å². The first-order valence-corrected chi connectivity index (χ1v) is 9.46. The van der Waals surface area contributed by atoms with Gasteiger partial charge in [0.05, 0.1) is 11.0 Å². The van der Waals surface area contributed by atoms with E-state index in [1.165, 1.54) is 13.0 Å². The van der Waals surface area contributed by atoms with Gasteiger partial charge in [-0.1, -0.05) is 26.0 Å². The van der Waals surface area contributed by atoms with E-state index in [4.69, 9.17) is 14.2 Å². The fourth-order valence-electron chi connectivity index (χ4n) is 2.87. The second-order valence-corrected chi connectivity index (χ2v) is 7.08. The third kappa shape index (κ3) is 4.68. The summed E-state index contributed by atoms with van der Waals surface area (Å²) in [7, 11) is 0. The van der Waals surface area contributed by atoms with Crippen LogP contribution in [-0.2, 0) is 9.53 Å². The van der Waals surface area contributed by atoms with Gasteiger partial charge in [-0.15, -0.1) is 0 Å². The SMILES string of the molecule is CC(C)c1ccc(NC(=O)[C@@H](C)OC(=O)c2cc3c(cc2[N+](=O)[O-])OCCO3)cc1. The number of esters is 1. The van der Waals surface area contributed by atoms with Crippen LogP contribution in [0.4, 0.5) is 11.4 Å². The summed E-state index contributed by atoms with van der Waals surface area (Å²) in [5.74, 6) is -0.810. The van der Waals surface area contributed by atoms with Gasteiger partial charge in [-0.05, 0) is 30.5 Å². The standard InChI is InChI=1S/C21H22N2O7/c1-12(2)14-4-6-15(7-5-14)22-20(24)13(3)30-21(25)16-10-18-19(29-9-8-28-18)11-17(16)23(26)27/h4-7,10-13H,8-9H2,1-3H3,(H,22,24)/t13-/m1/s1. The smallest absolute Gasteiger partial charge is 0.346 e. The Kier molecular flexibility index (Phi) is 6.20. The molecule has 2 aromatic rings. The Morgan fingerprint density at radius 3 is 2.23 bits per heavy atom. The predicted octanol–water partition coefficient (Wildman–Crippen LogP) is 3.67. The van der Waals surface area contributed by atoms with Crippen LogP contribution in [0.1, 0.15) is 42.6 Å². The molecule has 0 radical (unpaired) electrons. The van der Waals surface area contributed by atoms with Gasteiger partial charge >= 0.3 is 5.97 Å². The second kappa shape index (κ2) is 8.81. The summed E-state index contributed by atoms with van der Waals surface area (Å²) in [6.07, 6.45) is -1.17. The van der Waals surface area contributed by atoms with E-state index in [-0.39, 0.29) is 30.3 Å². The second-order valence-electron chi connectivity index (χ2n) is 7.08. The van der Waals surface area contributed by atoms with Crippen LogP contribution >= 0.6 is 0 Å². The molecule has 0 saturated carbocycles. The van der Waals surface area contributed by atoms with E-state index in [0.717, 1.165) is 11.6 Å². The highest BCUT2D eigenvalue weighted by Crippen LogP contribution is 2.37. The lowest BCUT2D eigenvalue weighted by molar-refractivity contribution is -0.385. The number of rotatable bonds is 6. The van der Waals surface area contributed by atoms with Crippen molar-refractivity contribution < 1.29 is 28.7 Å². The minimum Gasteiger partial charge on any atom is -0.486 e. The highest BCUT2D eigenvalue weighted by atomic mass is 16.6. The van der Waals surface area contributed by atoms with E-state index in [9.17, 15) is 19.7 Å². The molecule has 0 aliphatic carbocycles. The molecule has 0 unspecified atom stereocenters. The van der Waals surface area contributed by atoms with Crippen LogP contribution in [-0.4, -0.2) is 36.1 Å². The first-order valence-electron chi connectivity index (χ1n) is 9.46. The van der Waals surface area contributed by atoms with Gasteiger partial charge < -0.3 is 19.5 Å². The number of nitro benzene ring substituents is 1. The normalized spacial score (nSPS) is 13.5. The van der Waals surface area contributed by atoms with E-state index >= 15 is 0 Å². The molecule has 1 amide bonds. The van der Waals surface area contributed by atoms with Crippen LogP contribution < -0.4 is 14.8 Å². The van der Waals surface area contributed by atoms with Crippen molar-refractivity contribution >= 4 is 23.3 Å². The molecule has 1 aliphatic rings. The van der Waals surface area contributed by atoms with Gasteiger partial charge in [-0.3, -0.25) is 14.9 Å². The number of nitrogens with zero attached hydrogens (tertiary/aromatic N) is 1. The topological polar surface area (TPSA) is 117 Å². The van der Waals surface area contributed by atoms with Crippen LogP contribution in [0, 0.1) is 10.1 Å². The average Bonchev–Trinajstić information content (AvgIpc) is 2.72. The Labute approximate surface area is 173 Å². The van der Waals surface area contributed by atoms with E-state index in [1.54, 1.807) is 12.1 Å². The van der Waals surface area contributed by atoms with Crippen LogP contribution in [0.2, 0.25) is 0 Å². The van der Waals surface area contributed by atoms with E-state index < -0.39 is 28.6 Å². The molecule has 0 saturated heterocycles. The summed E-state index contributed by atoms with van der Waals surface area (Å²) in [6.45, 7) is 6.02. The molecule has 3 rings (SSSR count). The Hall–Kier alpha value is -3.62. The molecular formula is C21H22N2O7. The maximum Gasteiger partial charge on any atom is 0.346 e. The fourth-order valence-corrected chi connectivity index (χ4v) is 2.87. The summed E-state index contributed by atoms with van der Waals surface area (Å²) >= 11 is 0. The molecule has 0 bridgehead atoms. The van der Waals surface area contributed by atoms with Crippen LogP contribution in [0.15, 0.2) is 36.4 Å². The Morgan fingerprint density at radius 2 is 1.67 bits per heavy atom. The number of benzene rings is 2. The first kappa shape index (κ1) is 21.1. The summed E-state index contributed by atoms with van der Waals surface area (Å²) < 4.78 is 15.8. The van der Waals surface area contributed by atoms with Crippen molar-refractivity contribution in [2.75, 3.05) is 18.5 Å². The quantitative estimate of drug-likeness (QED) is 0.435. The minimum atomic E-state index is -1.17. The first-order chi connectivity index (χ1) is 14.3. The van der Waals surface area contributed by atoms with Crippen LogP contribution in [0.25, 0.3) is 0 Å². The number of fused-ring (bicyclic) bond motifs is 1. The van der Waals surface area contributed by atoms with Gasteiger partial charge in [0.25, 0.3) is 11.6 Å². The number of anilines is 1. The molecule has 0 fully saturated rings. The average molecular weight is 414 g/mol. The maximum atomic E-state index is 12.5. The number of ether oxygens (including phenoxy) is 3. The minimum absolute atomic E-state index is 0.181. The lowest BCUT2D eigenvalue weighted by Crippen LogP contribution is -2.30. The lowest BCUT2D eigenvalue weighted by atomic mass is 10.0. The number of carbonyl (C=O) groups excluding carboxylic acids is 2. The Bertz CT molecular complexity index is 970. The summed E-state index contributed by atoms with van der Waals surface area (Å²) in [5, 5.41) is 14.0. The van der Waals surface area contributed by atoms with Gasteiger partial charge in [0.1, 0.15) is 18.8 Å². The lowest BCUT2D eigenvalue weighted by Gasteiger charge is -2.19.